The van der Waals surface area contributed by atoms with E-state index < -0.39 is 0 Å². The average molecular weight is 386 g/mol. The van der Waals surface area contributed by atoms with E-state index in [9.17, 15) is 0 Å². The van der Waals surface area contributed by atoms with E-state index >= 15 is 0 Å². The second-order valence-electron chi connectivity index (χ2n) is 6.24. The van der Waals surface area contributed by atoms with Gasteiger partial charge in [0.05, 0.1) is 37.7 Å². The zero-order chi connectivity index (χ0) is 17.9. The lowest BCUT2D eigenvalue weighted by atomic mass is 10.1. The van der Waals surface area contributed by atoms with E-state index in [2.05, 4.69) is 46.3 Å². The van der Waals surface area contributed by atoms with Crippen molar-refractivity contribution in [2.45, 2.75) is 6.92 Å². The molecule has 0 spiro atoms. The number of hydrogen-bond acceptors (Lipinski definition) is 4. The van der Waals surface area contributed by atoms with Gasteiger partial charge >= 0.3 is 0 Å². The molecule has 26 heavy (non-hydrogen) atoms. The SMILES string of the molecule is Cc1ccc(-c2csc(=Nc3ccc(Cl)cc3)n2N2CCOCC2)cc1. The van der Waals surface area contributed by atoms with Crippen LogP contribution in [0, 0.1) is 6.92 Å². The first-order valence-electron chi connectivity index (χ1n) is 8.61. The van der Waals surface area contributed by atoms with Crippen molar-refractivity contribution in [1.29, 1.82) is 0 Å². The van der Waals surface area contributed by atoms with Gasteiger partial charge in [-0.2, -0.15) is 0 Å². The van der Waals surface area contributed by atoms with Gasteiger partial charge in [-0.05, 0) is 31.2 Å². The highest BCUT2D eigenvalue weighted by Gasteiger charge is 2.17. The molecule has 1 aromatic heterocycles. The minimum atomic E-state index is 0.719. The number of aryl methyl sites for hydroxylation is 1. The maximum Gasteiger partial charge on any atom is 0.209 e. The second-order valence-corrected chi connectivity index (χ2v) is 7.51. The number of morpholine rings is 1. The predicted molar refractivity (Wildman–Crippen MR) is 108 cm³/mol. The fourth-order valence-corrected chi connectivity index (χ4v) is 4.00. The fraction of sp³-hybridized carbons (Fsp3) is 0.250. The number of aromatic nitrogens is 1. The molecule has 0 unspecified atom stereocenters. The number of hydrogen-bond donors (Lipinski definition) is 0. The van der Waals surface area contributed by atoms with Gasteiger partial charge in [-0.3, -0.25) is 0 Å². The molecule has 6 heteroatoms. The number of nitrogens with zero attached hydrogens (tertiary/aromatic N) is 3. The molecule has 1 aliphatic rings. The topological polar surface area (TPSA) is 29.8 Å². The second kappa shape index (κ2) is 7.66. The van der Waals surface area contributed by atoms with E-state index in [1.807, 2.05) is 24.3 Å². The van der Waals surface area contributed by atoms with Gasteiger partial charge in [0.2, 0.25) is 4.80 Å². The lowest BCUT2D eigenvalue weighted by molar-refractivity contribution is 0.111. The zero-order valence-electron chi connectivity index (χ0n) is 14.6. The Morgan fingerprint density at radius 1 is 1.00 bits per heavy atom. The molecule has 134 valence electrons. The maximum atomic E-state index is 6.00. The van der Waals surface area contributed by atoms with Gasteiger partial charge in [-0.25, -0.2) is 9.67 Å². The zero-order valence-corrected chi connectivity index (χ0v) is 16.1. The molecule has 2 heterocycles. The molecule has 0 aliphatic carbocycles. The molecule has 0 saturated carbocycles. The van der Waals surface area contributed by atoms with Crippen molar-refractivity contribution >= 4 is 28.6 Å². The van der Waals surface area contributed by atoms with Crippen LogP contribution in [0.5, 0.6) is 0 Å². The van der Waals surface area contributed by atoms with Crippen molar-refractivity contribution in [3.8, 4) is 11.3 Å². The summed E-state index contributed by atoms with van der Waals surface area (Å²) in [4.78, 5) is 5.81. The van der Waals surface area contributed by atoms with E-state index in [4.69, 9.17) is 21.3 Å². The number of thiazole rings is 1. The van der Waals surface area contributed by atoms with Gasteiger partial charge in [-0.15, -0.1) is 11.3 Å². The Kier molecular flexibility index (Phi) is 5.11. The van der Waals surface area contributed by atoms with Crippen LogP contribution in [0.1, 0.15) is 5.56 Å². The lowest BCUT2D eigenvalue weighted by Crippen LogP contribution is -2.48. The number of ether oxygens (including phenoxy) is 1. The summed E-state index contributed by atoms with van der Waals surface area (Å²) in [5.41, 5.74) is 4.50. The largest absolute Gasteiger partial charge is 0.378 e. The molecule has 0 amide bonds. The molecule has 3 aromatic rings. The van der Waals surface area contributed by atoms with Crippen LogP contribution in [0.15, 0.2) is 58.9 Å². The van der Waals surface area contributed by atoms with Crippen molar-refractivity contribution in [3.05, 3.63) is 69.3 Å². The standard InChI is InChI=1S/C20H20ClN3OS/c1-15-2-4-16(5-3-15)19-14-26-20(22-18-8-6-17(21)7-9-18)24(19)23-10-12-25-13-11-23/h2-9,14H,10-13H2,1H3. The molecule has 1 aliphatic heterocycles. The van der Waals surface area contributed by atoms with Gasteiger partial charge in [-0.1, -0.05) is 41.4 Å². The van der Waals surface area contributed by atoms with Crippen LogP contribution in [-0.4, -0.2) is 31.0 Å². The minimum absolute atomic E-state index is 0.719. The molecular formula is C20H20ClN3OS. The Bertz CT molecular complexity index is 938. The van der Waals surface area contributed by atoms with Gasteiger partial charge in [0.1, 0.15) is 0 Å². The summed E-state index contributed by atoms with van der Waals surface area (Å²) in [5.74, 6) is 0. The molecule has 4 rings (SSSR count). The number of benzene rings is 2. The summed E-state index contributed by atoms with van der Waals surface area (Å²) < 4.78 is 7.76. The maximum absolute atomic E-state index is 6.00. The Labute approximate surface area is 161 Å². The Morgan fingerprint density at radius 2 is 1.69 bits per heavy atom. The van der Waals surface area contributed by atoms with Gasteiger partial charge in [0, 0.05) is 16.0 Å². The number of halogens is 1. The molecule has 4 nitrogen and oxygen atoms in total. The highest BCUT2D eigenvalue weighted by atomic mass is 35.5. The smallest absolute Gasteiger partial charge is 0.209 e. The molecule has 0 atom stereocenters. The van der Waals surface area contributed by atoms with E-state index in [1.54, 1.807) is 11.3 Å². The van der Waals surface area contributed by atoms with Crippen LogP contribution >= 0.6 is 22.9 Å². The monoisotopic (exact) mass is 385 g/mol. The summed E-state index contributed by atoms with van der Waals surface area (Å²) in [6.45, 7) is 5.27. The van der Waals surface area contributed by atoms with Crippen LogP contribution in [-0.2, 0) is 4.74 Å². The van der Waals surface area contributed by atoms with Crippen molar-refractivity contribution in [1.82, 2.24) is 4.68 Å². The third-order valence-electron chi connectivity index (χ3n) is 4.35. The van der Waals surface area contributed by atoms with Crippen molar-refractivity contribution < 1.29 is 4.74 Å². The lowest BCUT2D eigenvalue weighted by Gasteiger charge is -2.31. The summed E-state index contributed by atoms with van der Waals surface area (Å²) in [5, 5.41) is 5.20. The van der Waals surface area contributed by atoms with Crippen molar-refractivity contribution in [2.24, 2.45) is 4.99 Å². The molecular weight excluding hydrogens is 366 g/mol. The van der Waals surface area contributed by atoms with Crippen LogP contribution in [0.4, 0.5) is 5.69 Å². The highest BCUT2D eigenvalue weighted by molar-refractivity contribution is 7.07. The minimum Gasteiger partial charge on any atom is -0.378 e. The van der Waals surface area contributed by atoms with Crippen LogP contribution in [0.2, 0.25) is 5.02 Å². The quantitative estimate of drug-likeness (QED) is 0.669. The fourth-order valence-electron chi connectivity index (χ4n) is 2.95. The highest BCUT2D eigenvalue weighted by Crippen LogP contribution is 2.22. The molecule has 1 fully saturated rings. The third-order valence-corrected chi connectivity index (χ3v) is 5.42. The third kappa shape index (κ3) is 3.70. The average Bonchev–Trinajstić information content (AvgIpc) is 3.08. The van der Waals surface area contributed by atoms with E-state index in [0.29, 0.717) is 0 Å². The van der Waals surface area contributed by atoms with E-state index in [-0.39, 0.29) is 0 Å². The van der Waals surface area contributed by atoms with Gasteiger partial charge in [0.25, 0.3) is 0 Å². The summed E-state index contributed by atoms with van der Waals surface area (Å²) in [7, 11) is 0. The molecule has 1 saturated heterocycles. The van der Waals surface area contributed by atoms with Gasteiger partial charge < -0.3 is 9.75 Å². The molecule has 0 bridgehead atoms. The predicted octanol–water partition coefficient (Wildman–Crippen LogP) is 4.38. The van der Waals surface area contributed by atoms with Crippen LogP contribution in [0.25, 0.3) is 11.3 Å². The van der Waals surface area contributed by atoms with E-state index in [0.717, 1.165) is 47.5 Å². The summed E-state index contributed by atoms with van der Waals surface area (Å²) in [6, 6.07) is 16.2. The first-order chi connectivity index (χ1) is 12.7. The van der Waals surface area contributed by atoms with Gasteiger partial charge in [0.15, 0.2) is 0 Å². The van der Waals surface area contributed by atoms with Crippen LogP contribution < -0.4 is 9.81 Å². The number of rotatable bonds is 3. The molecule has 0 N–H and O–H groups in total. The summed E-state index contributed by atoms with van der Waals surface area (Å²) >= 11 is 7.65. The summed E-state index contributed by atoms with van der Waals surface area (Å²) in [6.07, 6.45) is 0. The normalized spacial score (nSPS) is 15.5. The molecule has 0 radical (unpaired) electrons. The first kappa shape index (κ1) is 17.3. The Morgan fingerprint density at radius 3 is 2.38 bits per heavy atom. The van der Waals surface area contributed by atoms with Crippen molar-refractivity contribution in [2.75, 3.05) is 31.3 Å². The first-order valence-corrected chi connectivity index (χ1v) is 9.87. The Hall–Kier alpha value is -2.08. The van der Waals surface area contributed by atoms with Crippen LogP contribution in [0.3, 0.4) is 0 Å². The van der Waals surface area contributed by atoms with E-state index in [1.165, 1.54) is 11.1 Å². The molecule has 2 aromatic carbocycles. The van der Waals surface area contributed by atoms with Crippen molar-refractivity contribution in [3.63, 3.8) is 0 Å². The Balaban J connectivity index is 1.83.